The van der Waals surface area contributed by atoms with Crippen LogP contribution >= 0.6 is 0 Å². The zero-order valence-corrected chi connectivity index (χ0v) is 16.2. The first kappa shape index (κ1) is 22.2. The fourth-order valence-corrected chi connectivity index (χ4v) is 3.88. The van der Waals surface area contributed by atoms with Crippen molar-refractivity contribution >= 4 is 12.1 Å². The van der Waals surface area contributed by atoms with Crippen molar-refractivity contribution in [3.05, 3.63) is 0 Å². The Morgan fingerprint density at radius 3 is 2.48 bits per heavy atom. The molecule has 1 aliphatic rings. The van der Waals surface area contributed by atoms with Gasteiger partial charge in [-0.3, -0.25) is 9.69 Å². The molecule has 0 radical (unpaired) electrons. The Morgan fingerprint density at radius 2 is 2.00 bits per heavy atom. The van der Waals surface area contributed by atoms with E-state index in [1.54, 1.807) is 0 Å². The first-order chi connectivity index (χ1) is 11.9. The van der Waals surface area contributed by atoms with E-state index in [9.17, 15) is 14.7 Å². The Hall–Kier alpha value is -0.820. The number of aliphatic hydroxyl groups excluding tert-OH is 1. The number of hydrogen-bond donors (Lipinski definition) is 3. The average molecular weight is 356 g/mol. The Labute approximate surface area is 152 Å². The molecule has 0 aromatic carbocycles. The quantitative estimate of drug-likeness (QED) is 0.276. The number of carbonyl (C=O) groups excluding carboxylic acids is 2. The number of unbranched alkanes of at least 4 members (excludes halogenated alkanes) is 1. The molecule has 1 heterocycles. The molecular formula is C19H37N3O3. The number of Topliss-reactive ketones (excluding diaryl/α,β-unsaturated/α-hetero) is 1. The maximum absolute atomic E-state index is 12.6. The van der Waals surface area contributed by atoms with E-state index in [1.807, 2.05) is 4.90 Å². The van der Waals surface area contributed by atoms with Gasteiger partial charge in [0, 0.05) is 32.1 Å². The predicted octanol–water partition coefficient (Wildman–Crippen LogP) is 1.17. The van der Waals surface area contributed by atoms with Crippen molar-refractivity contribution in [1.29, 1.82) is 0 Å². The molecule has 4 unspecified atom stereocenters. The summed E-state index contributed by atoms with van der Waals surface area (Å²) in [5.41, 5.74) is 4.50. The first-order valence-electron chi connectivity index (χ1n) is 9.73. The third-order valence-electron chi connectivity index (χ3n) is 5.77. The third-order valence-corrected chi connectivity index (χ3v) is 5.77. The first-order valence-corrected chi connectivity index (χ1v) is 9.73. The van der Waals surface area contributed by atoms with Crippen LogP contribution in [0.4, 0.5) is 0 Å². The van der Waals surface area contributed by atoms with Crippen molar-refractivity contribution in [2.24, 2.45) is 23.0 Å². The number of carbonyl (C=O) groups is 2. The van der Waals surface area contributed by atoms with E-state index in [-0.39, 0.29) is 17.6 Å². The van der Waals surface area contributed by atoms with Gasteiger partial charge < -0.3 is 21.0 Å². The highest BCUT2D eigenvalue weighted by Crippen LogP contribution is 2.40. The van der Waals surface area contributed by atoms with E-state index in [1.165, 1.54) is 6.92 Å². The van der Waals surface area contributed by atoms with Crippen molar-refractivity contribution in [3.63, 3.8) is 0 Å². The molecule has 4 N–H and O–H groups in total. The van der Waals surface area contributed by atoms with Gasteiger partial charge in [-0.2, -0.15) is 0 Å². The largest absolute Gasteiger partial charge is 0.378 e. The maximum Gasteiger partial charge on any atom is 0.143 e. The summed E-state index contributed by atoms with van der Waals surface area (Å²) in [6.07, 6.45) is 3.73. The molecule has 0 bridgehead atoms. The average Bonchev–Trinajstić information content (AvgIpc) is 2.63. The monoisotopic (exact) mass is 355 g/mol. The van der Waals surface area contributed by atoms with Gasteiger partial charge in [0.15, 0.2) is 0 Å². The van der Waals surface area contributed by atoms with E-state index in [0.29, 0.717) is 19.4 Å². The van der Waals surface area contributed by atoms with Crippen LogP contribution in [0.5, 0.6) is 0 Å². The molecule has 6 heteroatoms. The standard InChI is InChI=1S/C19H37N3O3/c1-4-15(2)13-19(14-23,16(3)24)17(7-5-6-8-20)18(25)22-11-9-21-10-12-22/h14-15,17-18,21,25H,4-13,20H2,1-3H3. The van der Waals surface area contributed by atoms with Crippen LogP contribution in [0.1, 0.15) is 52.9 Å². The minimum absolute atomic E-state index is 0.130. The summed E-state index contributed by atoms with van der Waals surface area (Å²) >= 11 is 0. The van der Waals surface area contributed by atoms with Crippen molar-refractivity contribution in [1.82, 2.24) is 10.2 Å². The number of aliphatic hydroxyl groups is 1. The molecule has 1 saturated heterocycles. The Balaban J connectivity index is 3.12. The van der Waals surface area contributed by atoms with Gasteiger partial charge >= 0.3 is 0 Å². The molecule has 0 saturated carbocycles. The number of nitrogens with one attached hydrogen (secondary N) is 1. The molecule has 146 valence electrons. The highest BCUT2D eigenvalue weighted by Gasteiger charge is 2.48. The number of hydrogen-bond acceptors (Lipinski definition) is 6. The second-order valence-electron chi connectivity index (χ2n) is 7.52. The van der Waals surface area contributed by atoms with Gasteiger partial charge in [-0.05, 0) is 38.6 Å². The second-order valence-corrected chi connectivity index (χ2v) is 7.52. The van der Waals surface area contributed by atoms with Crippen LogP contribution in [0, 0.1) is 17.3 Å². The van der Waals surface area contributed by atoms with Crippen molar-refractivity contribution < 1.29 is 14.7 Å². The Kier molecular flexibility index (Phi) is 9.79. The zero-order valence-electron chi connectivity index (χ0n) is 16.2. The molecule has 0 aromatic rings. The molecule has 1 aliphatic heterocycles. The van der Waals surface area contributed by atoms with E-state index in [2.05, 4.69) is 19.2 Å². The summed E-state index contributed by atoms with van der Waals surface area (Å²) in [6, 6.07) is 0. The fraction of sp³-hybridized carbons (Fsp3) is 0.895. The van der Waals surface area contributed by atoms with Crippen LogP contribution < -0.4 is 11.1 Å². The summed E-state index contributed by atoms with van der Waals surface area (Å²) in [4.78, 5) is 26.8. The van der Waals surface area contributed by atoms with Crippen LogP contribution in [-0.2, 0) is 9.59 Å². The fourth-order valence-electron chi connectivity index (χ4n) is 3.88. The second kappa shape index (κ2) is 11.0. The Bertz CT molecular complexity index is 413. The minimum atomic E-state index is -1.12. The lowest BCUT2D eigenvalue weighted by atomic mass is 9.65. The normalized spacial score (nSPS) is 22.0. The topological polar surface area (TPSA) is 95.7 Å². The summed E-state index contributed by atoms with van der Waals surface area (Å²) < 4.78 is 0. The number of nitrogens with zero attached hydrogens (tertiary/aromatic N) is 1. The van der Waals surface area contributed by atoms with Gasteiger partial charge in [0.2, 0.25) is 0 Å². The summed E-state index contributed by atoms with van der Waals surface area (Å²) in [7, 11) is 0. The van der Waals surface area contributed by atoms with Gasteiger partial charge in [0.25, 0.3) is 0 Å². The number of aldehydes is 1. The van der Waals surface area contributed by atoms with Crippen LogP contribution in [0.3, 0.4) is 0 Å². The van der Waals surface area contributed by atoms with E-state index < -0.39 is 11.6 Å². The molecule has 6 nitrogen and oxygen atoms in total. The summed E-state index contributed by atoms with van der Waals surface area (Å²) in [5, 5.41) is 14.4. The molecule has 0 amide bonds. The SMILES string of the molecule is CCC(C)CC(C=O)(C(C)=O)C(CCCCN)C(O)N1CCNCC1. The van der Waals surface area contributed by atoms with Crippen molar-refractivity contribution in [3.8, 4) is 0 Å². The lowest BCUT2D eigenvalue weighted by Crippen LogP contribution is -2.56. The lowest BCUT2D eigenvalue weighted by Gasteiger charge is -2.43. The molecule has 25 heavy (non-hydrogen) atoms. The van der Waals surface area contributed by atoms with Crippen molar-refractivity contribution in [2.45, 2.75) is 59.1 Å². The molecular weight excluding hydrogens is 318 g/mol. The van der Waals surface area contributed by atoms with Gasteiger partial charge in [-0.1, -0.05) is 26.7 Å². The predicted molar refractivity (Wildman–Crippen MR) is 100 cm³/mol. The smallest absolute Gasteiger partial charge is 0.143 e. The van der Waals surface area contributed by atoms with Gasteiger partial charge in [0.05, 0.1) is 5.41 Å². The van der Waals surface area contributed by atoms with Crippen LogP contribution in [0.25, 0.3) is 0 Å². The van der Waals surface area contributed by atoms with E-state index in [4.69, 9.17) is 5.73 Å². The minimum Gasteiger partial charge on any atom is -0.378 e. The molecule has 0 aliphatic carbocycles. The number of rotatable bonds is 12. The van der Waals surface area contributed by atoms with Crippen LogP contribution in [0.2, 0.25) is 0 Å². The van der Waals surface area contributed by atoms with Gasteiger partial charge in [0.1, 0.15) is 18.3 Å². The number of ketones is 1. The maximum atomic E-state index is 12.6. The zero-order chi connectivity index (χ0) is 18.9. The van der Waals surface area contributed by atoms with Gasteiger partial charge in [-0.25, -0.2) is 0 Å². The molecule has 1 rings (SSSR count). The van der Waals surface area contributed by atoms with Crippen LogP contribution in [-0.4, -0.2) is 61.0 Å². The number of nitrogens with two attached hydrogens (primary N) is 1. The summed E-state index contributed by atoms with van der Waals surface area (Å²) in [6.45, 7) is 9.28. The van der Waals surface area contributed by atoms with Crippen molar-refractivity contribution in [2.75, 3.05) is 32.7 Å². The molecule has 4 atom stereocenters. The third kappa shape index (κ3) is 5.84. The highest BCUT2D eigenvalue weighted by molar-refractivity contribution is 5.97. The Morgan fingerprint density at radius 1 is 1.36 bits per heavy atom. The van der Waals surface area contributed by atoms with Crippen LogP contribution in [0.15, 0.2) is 0 Å². The number of piperazine rings is 1. The molecule has 0 spiro atoms. The van der Waals surface area contributed by atoms with E-state index in [0.717, 1.165) is 51.7 Å². The molecule has 1 fully saturated rings. The highest BCUT2D eigenvalue weighted by atomic mass is 16.3. The lowest BCUT2D eigenvalue weighted by molar-refractivity contribution is -0.150. The van der Waals surface area contributed by atoms with E-state index >= 15 is 0 Å². The van der Waals surface area contributed by atoms with Gasteiger partial charge in [-0.15, -0.1) is 0 Å². The summed E-state index contributed by atoms with van der Waals surface area (Å²) in [5.74, 6) is -0.266. The molecule has 0 aromatic heterocycles.